The molecule has 0 aliphatic rings. The molecule has 0 saturated heterocycles. The van der Waals surface area contributed by atoms with Gasteiger partial charge in [-0.1, -0.05) is 56.0 Å². The van der Waals surface area contributed by atoms with E-state index in [1.165, 1.54) is 16.3 Å². The Kier molecular flexibility index (Phi) is 8.21. The Morgan fingerprint density at radius 2 is 1.78 bits per heavy atom. The van der Waals surface area contributed by atoms with Crippen molar-refractivity contribution < 1.29 is 9.53 Å². The maximum absolute atomic E-state index is 11.8. The van der Waals surface area contributed by atoms with Crippen molar-refractivity contribution >= 4 is 33.7 Å². The van der Waals surface area contributed by atoms with Crippen LogP contribution in [0.4, 0.5) is 0 Å². The summed E-state index contributed by atoms with van der Waals surface area (Å²) in [5.74, 6) is -0.320. The Labute approximate surface area is 149 Å². The molecule has 0 aromatic heterocycles. The lowest BCUT2D eigenvalue weighted by molar-refractivity contribution is -0.153. The van der Waals surface area contributed by atoms with Crippen molar-refractivity contribution in [3.8, 4) is 0 Å². The van der Waals surface area contributed by atoms with Crippen molar-refractivity contribution in [2.75, 3.05) is 0 Å². The number of hydrogen-bond acceptors (Lipinski definition) is 3. The van der Waals surface area contributed by atoms with Crippen molar-refractivity contribution in [2.45, 2.75) is 39.2 Å². The topological polar surface area (TPSA) is 61.3 Å². The standard InChI is InChI=1S/C19H22O2.BrH.H3N/c1-5-19(4,21-18(20)14(2)3)13-16-11-8-10-15-9-6-7-12-17(15)16;;/h6-12H,2,5,13H2,1,3-4H3;1H;1H3. The molecule has 0 saturated carbocycles. The molecule has 1 unspecified atom stereocenters. The van der Waals surface area contributed by atoms with Crippen molar-refractivity contribution in [1.82, 2.24) is 6.15 Å². The van der Waals surface area contributed by atoms with Gasteiger partial charge in [0, 0.05) is 12.0 Å². The quantitative estimate of drug-likeness (QED) is 0.557. The Morgan fingerprint density at radius 3 is 2.39 bits per heavy atom. The largest absolute Gasteiger partial charge is 0.456 e. The lowest BCUT2D eigenvalue weighted by atomic mass is 9.90. The summed E-state index contributed by atoms with van der Waals surface area (Å²) in [5, 5.41) is 2.42. The lowest BCUT2D eigenvalue weighted by Gasteiger charge is -2.29. The van der Waals surface area contributed by atoms with E-state index in [-0.39, 0.29) is 29.1 Å². The molecule has 0 spiro atoms. The van der Waals surface area contributed by atoms with E-state index in [0.717, 1.165) is 6.42 Å². The second-order valence-electron chi connectivity index (χ2n) is 5.79. The Hall–Kier alpha value is -1.65. The molecule has 0 radical (unpaired) electrons. The highest BCUT2D eigenvalue weighted by atomic mass is 79.9. The van der Waals surface area contributed by atoms with Crippen molar-refractivity contribution in [1.29, 1.82) is 0 Å². The average molecular weight is 380 g/mol. The van der Waals surface area contributed by atoms with Crippen LogP contribution < -0.4 is 6.15 Å². The van der Waals surface area contributed by atoms with Crippen LogP contribution in [0.5, 0.6) is 0 Å². The first-order chi connectivity index (χ1) is 9.95. The van der Waals surface area contributed by atoms with Gasteiger partial charge in [-0.25, -0.2) is 4.79 Å². The summed E-state index contributed by atoms with van der Waals surface area (Å²) in [6, 6.07) is 14.5. The number of fused-ring (bicyclic) bond motifs is 1. The molecular weight excluding hydrogens is 354 g/mol. The number of halogens is 1. The van der Waals surface area contributed by atoms with Gasteiger partial charge in [-0.05, 0) is 36.6 Å². The average Bonchev–Trinajstić information content (AvgIpc) is 2.47. The number of benzene rings is 2. The van der Waals surface area contributed by atoms with E-state index in [1.54, 1.807) is 6.92 Å². The zero-order chi connectivity index (χ0) is 15.5. The van der Waals surface area contributed by atoms with E-state index in [0.29, 0.717) is 12.0 Å². The monoisotopic (exact) mass is 379 g/mol. The number of carbonyl (C=O) groups is 1. The maximum atomic E-state index is 11.8. The second-order valence-corrected chi connectivity index (χ2v) is 5.79. The first-order valence-electron chi connectivity index (χ1n) is 7.31. The number of carbonyl (C=O) groups excluding carboxylic acids is 1. The molecule has 126 valence electrons. The summed E-state index contributed by atoms with van der Waals surface area (Å²) in [4.78, 5) is 11.8. The third-order valence-corrected chi connectivity index (χ3v) is 3.88. The van der Waals surface area contributed by atoms with Gasteiger partial charge in [0.15, 0.2) is 0 Å². The van der Waals surface area contributed by atoms with Gasteiger partial charge in [-0.2, -0.15) is 0 Å². The van der Waals surface area contributed by atoms with E-state index >= 15 is 0 Å². The SMILES string of the molecule is Br.C=C(C)C(=O)OC(C)(CC)Cc1cccc2ccccc12.N. The maximum Gasteiger partial charge on any atom is 0.333 e. The minimum absolute atomic E-state index is 0. The summed E-state index contributed by atoms with van der Waals surface area (Å²) in [6.45, 7) is 9.35. The predicted octanol–water partition coefficient (Wildman–Crippen LogP) is 5.41. The van der Waals surface area contributed by atoms with Gasteiger partial charge in [0.1, 0.15) is 5.60 Å². The second kappa shape index (κ2) is 8.85. The van der Waals surface area contributed by atoms with Gasteiger partial charge >= 0.3 is 5.97 Å². The van der Waals surface area contributed by atoms with E-state index in [1.807, 2.05) is 32.0 Å². The van der Waals surface area contributed by atoms with Gasteiger partial charge < -0.3 is 10.9 Å². The third-order valence-electron chi connectivity index (χ3n) is 3.88. The Balaban J connectivity index is 0.00000242. The Morgan fingerprint density at radius 1 is 1.17 bits per heavy atom. The Bertz CT molecular complexity index is 679. The van der Waals surface area contributed by atoms with Crippen LogP contribution in [0.3, 0.4) is 0 Å². The van der Waals surface area contributed by atoms with E-state index in [2.05, 4.69) is 30.8 Å². The van der Waals surface area contributed by atoms with Crippen LogP contribution in [-0.2, 0) is 16.0 Å². The minimum Gasteiger partial charge on any atom is -0.456 e. The molecule has 3 N–H and O–H groups in total. The molecule has 0 aliphatic heterocycles. The number of ether oxygens (including phenoxy) is 1. The lowest BCUT2D eigenvalue weighted by Crippen LogP contribution is -2.33. The van der Waals surface area contributed by atoms with Crippen LogP contribution in [0.15, 0.2) is 54.6 Å². The van der Waals surface area contributed by atoms with E-state index in [4.69, 9.17) is 4.74 Å². The predicted molar refractivity (Wildman–Crippen MR) is 103 cm³/mol. The minimum atomic E-state index is -0.514. The van der Waals surface area contributed by atoms with Gasteiger partial charge in [0.2, 0.25) is 0 Å². The van der Waals surface area contributed by atoms with Crippen LogP contribution in [0.25, 0.3) is 10.8 Å². The fraction of sp³-hybridized carbons (Fsp3) is 0.316. The summed E-state index contributed by atoms with van der Waals surface area (Å²) in [7, 11) is 0. The molecule has 0 amide bonds. The molecule has 0 bridgehead atoms. The number of esters is 1. The third kappa shape index (κ3) is 5.19. The van der Waals surface area contributed by atoms with Crippen molar-refractivity contribution in [3.05, 3.63) is 60.2 Å². The van der Waals surface area contributed by atoms with Crippen LogP contribution in [0, 0.1) is 0 Å². The molecule has 2 rings (SSSR count). The van der Waals surface area contributed by atoms with E-state index < -0.39 is 5.60 Å². The zero-order valence-corrected chi connectivity index (χ0v) is 15.8. The van der Waals surface area contributed by atoms with Gasteiger partial charge in [-0.3, -0.25) is 0 Å². The highest BCUT2D eigenvalue weighted by Crippen LogP contribution is 2.27. The van der Waals surface area contributed by atoms with Gasteiger partial charge in [0.25, 0.3) is 0 Å². The van der Waals surface area contributed by atoms with Gasteiger partial charge in [0.05, 0.1) is 0 Å². The van der Waals surface area contributed by atoms with E-state index in [9.17, 15) is 4.79 Å². The molecule has 1 atom stereocenters. The molecule has 23 heavy (non-hydrogen) atoms. The zero-order valence-electron chi connectivity index (χ0n) is 14.1. The van der Waals surface area contributed by atoms with Crippen molar-refractivity contribution in [2.24, 2.45) is 0 Å². The van der Waals surface area contributed by atoms with Crippen LogP contribution in [0.1, 0.15) is 32.8 Å². The summed E-state index contributed by atoms with van der Waals surface area (Å²) in [5.41, 5.74) is 1.12. The van der Waals surface area contributed by atoms with Crippen molar-refractivity contribution in [3.63, 3.8) is 0 Å². The molecule has 3 nitrogen and oxygen atoms in total. The molecule has 4 heteroatoms. The first kappa shape index (κ1) is 21.4. The summed E-state index contributed by atoms with van der Waals surface area (Å²) < 4.78 is 5.66. The fourth-order valence-electron chi connectivity index (χ4n) is 2.39. The van der Waals surface area contributed by atoms with Gasteiger partial charge in [-0.15, -0.1) is 17.0 Å². The first-order valence-corrected chi connectivity index (χ1v) is 7.31. The smallest absolute Gasteiger partial charge is 0.333 e. The summed E-state index contributed by atoms with van der Waals surface area (Å²) >= 11 is 0. The normalized spacial score (nSPS) is 12.5. The molecular formula is C19H26BrNO2. The molecule has 0 fully saturated rings. The molecule has 0 heterocycles. The highest BCUT2D eigenvalue weighted by Gasteiger charge is 2.28. The molecule has 2 aromatic rings. The van der Waals surface area contributed by atoms with Crippen LogP contribution in [0.2, 0.25) is 0 Å². The molecule has 0 aliphatic carbocycles. The highest BCUT2D eigenvalue weighted by molar-refractivity contribution is 8.93. The molecule has 2 aromatic carbocycles. The number of rotatable bonds is 5. The van der Waals surface area contributed by atoms with Crippen LogP contribution >= 0.6 is 17.0 Å². The summed E-state index contributed by atoms with van der Waals surface area (Å²) in [6.07, 6.45) is 1.46. The fourth-order valence-corrected chi connectivity index (χ4v) is 2.39. The number of hydrogen-bond donors (Lipinski definition) is 1. The van der Waals surface area contributed by atoms with Crippen LogP contribution in [-0.4, -0.2) is 11.6 Å².